The van der Waals surface area contributed by atoms with E-state index in [1.54, 1.807) is 13.2 Å². The molecule has 1 aromatic heterocycles. The number of aromatic amines is 1. The van der Waals surface area contributed by atoms with E-state index in [9.17, 15) is 0 Å². The third kappa shape index (κ3) is 1.91. The van der Waals surface area contributed by atoms with Crippen LogP contribution in [0.3, 0.4) is 0 Å². The highest BCUT2D eigenvalue weighted by Crippen LogP contribution is 2.10. The van der Waals surface area contributed by atoms with Crippen molar-refractivity contribution >= 4 is 12.2 Å². The number of hydrogen-bond donors (Lipinski definition) is 3. The predicted octanol–water partition coefficient (Wildman–Crippen LogP) is 0.997. The smallest absolute Gasteiger partial charge is 0.108 e. The van der Waals surface area contributed by atoms with Crippen molar-refractivity contribution in [1.29, 1.82) is 0 Å². The lowest BCUT2D eigenvalue weighted by molar-refractivity contribution is 0.250. The first kappa shape index (κ1) is 9.38. The molecule has 1 heterocycles. The maximum atomic E-state index is 8.98. The first-order valence-electron chi connectivity index (χ1n) is 3.75. The van der Waals surface area contributed by atoms with Crippen molar-refractivity contribution in [2.24, 2.45) is 0 Å². The van der Waals surface area contributed by atoms with Gasteiger partial charge in [0.15, 0.2) is 0 Å². The summed E-state index contributed by atoms with van der Waals surface area (Å²) in [6.45, 7) is 0.0536. The van der Waals surface area contributed by atoms with Gasteiger partial charge in [-0.15, -0.1) is 0 Å². The highest BCUT2D eigenvalue weighted by molar-refractivity contribution is 7.71. The molecular weight excluding hydrogens is 172 g/mol. The van der Waals surface area contributed by atoms with Crippen molar-refractivity contribution in [2.75, 3.05) is 13.7 Å². The molecule has 1 atom stereocenters. The first-order chi connectivity index (χ1) is 5.79. The highest BCUT2D eigenvalue weighted by Gasteiger charge is 2.07. The summed E-state index contributed by atoms with van der Waals surface area (Å²) < 4.78 is 0.672. The molecule has 4 heteroatoms. The van der Waals surface area contributed by atoms with Crippen LogP contribution in [0.4, 0.5) is 0 Å². The summed E-state index contributed by atoms with van der Waals surface area (Å²) in [4.78, 5) is 2.91. The molecule has 1 rings (SSSR count). The second kappa shape index (κ2) is 4.35. The van der Waals surface area contributed by atoms with Crippen LogP contribution in [0.5, 0.6) is 0 Å². The van der Waals surface area contributed by atoms with Gasteiger partial charge in [0, 0.05) is 11.8 Å². The summed E-state index contributed by atoms with van der Waals surface area (Å²) in [5.41, 5.74) is 0.928. The average Bonchev–Trinajstić information content (AvgIpc) is 2.10. The van der Waals surface area contributed by atoms with Crippen LogP contribution >= 0.6 is 12.2 Å². The van der Waals surface area contributed by atoms with Crippen LogP contribution in [0, 0.1) is 4.64 Å². The quantitative estimate of drug-likeness (QED) is 0.614. The molecule has 0 aliphatic carbocycles. The molecule has 0 aliphatic rings. The Morgan fingerprint density at radius 3 is 3.00 bits per heavy atom. The van der Waals surface area contributed by atoms with E-state index in [-0.39, 0.29) is 12.6 Å². The van der Waals surface area contributed by atoms with E-state index in [0.29, 0.717) is 4.64 Å². The molecule has 0 fully saturated rings. The number of likely N-dealkylation sites (N-methyl/N-ethyl adjacent to an activating group) is 1. The van der Waals surface area contributed by atoms with E-state index in [1.807, 2.05) is 12.1 Å². The Labute approximate surface area is 76.4 Å². The molecule has 0 unspecified atom stereocenters. The lowest BCUT2D eigenvalue weighted by Crippen LogP contribution is -2.20. The topological polar surface area (TPSA) is 48.0 Å². The summed E-state index contributed by atoms with van der Waals surface area (Å²) >= 11 is 5.05. The van der Waals surface area contributed by atoms with Gasteiger partial charge in [0.2, 0.25) is 0 Å². The largest absolute Gasteiger partial charge is 0.394 e. The molecular formula is C8H12N2OS. The number of H-pyrrole nitrogens is 1. The second-order valence-corrected chi connectivity index (χ2v) is 2.89. The van der Waals surface area contributed by atoms with Gasteiger partial charge in [-0.05, 0) is 13.1 Å². The molecule has 0 saturated heterocycles. The van der Waals surface area contributed by atoms with E-state index in [4.69, 9.17) is 17.3 Å². The Kier molecular flexibility index (Phi) is 3.40. The standard InChI is InChI=1S/C8H12N2OS/c1-9-7(5-11)6-3-2-4-10-8(6)12/h2-4,7,9,11H,5H2,1H3,(H,10,12)/t7-/m1/s1. The van der Waals surface area contributed by atoms with Gasteiger partial charge in [-0.25, -0.2) is 0 Å². The number of aromatic nitrogens is 1. The van der Waals surface area contributed by atoms with Crippen molar-refractivity contribution in [2.45, 2.75) is 6.04 Å². The molecule has 0 radical (unpaired) electrons. The number of pyridine rings is 1. The van der Waals surface area contributed by atoms with Crippen molar-refractivity contribution < 1.29 is 5.11 Å². The van der Waals surface area contributed by atoms with Crippen molar-refractivity contribution in [1.82, 2.24) is 10.3 Å². The average molecular weight is 184 g/mol. The molecule has 0 spiro atoms. The monoisotopic (exact) mass is 184 g/mol. The Bertz CT molecular complexity index is 293. The third-order valence-electron chi connectivity index (χ3n) is 1.76. The van der Waals surface area contributed by atoms with Gasteiger partial charge in [-0.2, -0.15) is 0 Å². The molecule has 0 bridgehead atoms. The number of aliphatic hydroxyl groups is 1. The van der Waals surface area contributed by atoms with Crippen molar-refractivity contribution in [3.8, 4) is 0 Å². The lowest BCUT2D eigenvalue weighted by Gasteiger charge is -2.12. The van der Waals surface area contributed by atoms with Crippen molar-refractivity contribution in [3.05, 3.63) is 28.5 Å². The fraction of sp³-hybridized carbons (Fsp3) is 0.375. The Morgan fingerprint density at radius 2 is 2.50 bits per heavy atom. The lowest BCUT2D eigenvalue weighted by atomic mass is 10.1. The van der Waals surface area contributed by atoms with E-state index in [2.05, 4.69) is 10.3 Å². The molecule has 0 amide bonds. The van der Waals surface area contributed by atoms with Crippen LogP contribution in [0.2, 0.25) is 0 Å². The Balaban J connectivity index is 3.00. The van der Waals surface area contributed by atoms with E-state index < -0.39 is 0 Å². The van der Waals surface area contributed by atoms with Crippen LogP contribution in [0.25, 0.3) is 0 Å². The molecule has 0 aliphatic heterocycles. The predicted molar refractivity (Wildman–Crippen MR) is 50.5 cm³/mol. The van der Waals surface area contributed by atoms with Gasteiger partial charge in [-0.3, -0.25) is 0 Å². The maximum absolute atomic E-state index is 8.98. The minimum atomic E-state index is -0.0741. The van der Waals surface area contributed by atoms with Crippen LogP contribution < -0.4 is 5.32 Å². The molecule has 3 nitrogen and oxygen atoms in total. The van der Waals surface area contributed by atoms with Crippen molar-refractivity contribution in [3.63, 3.8) is 0 Å². The zero-order valence-electron chi connectivity index (χ0n) is 6.87. The molecule has 0 saturated carbocycles. The number of rotatable bonds is 3. The van der Waals surface area contributed by atoms with E-state index in [0.717, 1.165) is 5.56 Å². The van der Waals surface area contributed by atoms with E-state index >= 15 is 0 Å². The fourth-order valence-electron chi connectivity index (χ4n) is 1.05. The zero-order valence-corrected chi connectivity index (χ0v) is 7.69. The zero-order chi connectivity index (χ0) is 8.97. The van der Waals surface area contributed by atoms with Gasteiger partial charge >= 0.3 is 0 Å². The number of hydrogen-bond acceptors (Lipinski definition) is 3. The normalized spacial score (nSPS) is 12.8. The number of aliphatic hydroxyl groups excluding tert-OH is 1. The number of nitrogens with one attached hydrogen (secondary N) is 2. The van der Waals surface area contributed by atoms with Crippen LogP contribution in [0.1, 0.15) is 11.6 Å². The molecule has 1 aromatic rings. The second-order valence-electron chi connectivity index (χ2n) is 2.48. The van der Waals surface area contributed by atoms with Gasteiger partial charge in [0.25, 0.3) is 0 Å². The first-order valence-corrected chi connectivity index (χ1v) is 4.16. The Morgan fingerprint density at radius 1 is 1.75 bits per heavy atom. The minimum absolute atomic E-state index is 0.0536. The van der Waals surface area contributed by atoms with Crippen LogP contribution in [-0.4, -0.2) is 23.7 Å². The maximum Gasteiger partial charge on any atom is 0.108 e. The van der Waals surface area contributed by atoms with Gasteiger partial charge in [-0.1, -0.05) is 18.3 Å². The molecule has 3 N–H and O–H groups in total. The van der Waals surface area contributed by atoms with E-state index in [1.165, 1.54) is 0 Å². The van der Waals surface area contributed by atoms with Crippen LogP contribution in [-0.2, 0) is 0 Å². The van der Waals surface area contributed by atoms with Gasteiger partial charge < -0.3 is 15.4 Å². The van der Waals surface area contributed by atoms with Gasteiger partial charge in [0.05, 0.1) is 12.6 Å². The summed E-state index contributed by atoms with van der Waals surface area (Å²) in [5.74, 6) is 0. The third-order valence-corrected chi connectivity index (χ3v) is 2.11. The Hall–Kier alpha value is -0.710. The SMILES string of the molecule is CN[C@H](CO)c1ccc[nH]c1=S. The molecule has 66 valence electrons. The van der Waals surface area contributed by atoms with Crippen LogP contribution in [0.15, 0.2) is 18.3 Å². The molecule has 0 aromatic carbocycles. The summed E-state index contributed by atoms with van der Waals surface area (Å²) in [6, 6.07) is 3.69. The summed E-state index contributed by atoms with van der Waals surface area (Å²) in [5, 5.41) is 12.0. The molecule has 12 heavy (non-hydrogen) atoms. The summed E-state index contributed by atoms with van der Waals surface area (Å²) in [6.07, 6.45) is 1.77. The summed E-state index contributed by atoms with van der Waals surface area (Å²) in [7, 11) is 1.79. The minimum Gasteiger partial charge on any atom is -0.394 e. The highest BCUT2D eigenvalue weighted by atomic mass is 32.1. The fourth-order valence-corrected chi connectivity index (χ4v) is 1.33. The van der Waals surface area contributed by atoms with Gasteiger partial charge in [0.1, 0.15) is 4.64 Å².